The van der Waals surface area contributed by atoms with E-state index in [-0.39, 0.29) is 6.54 Å². The molecule has 2 aromatic heterocycles. The lowest BCUT2D eigenvalue weighted by Gasteiger charge is -2.01. The first-order chi connectivity index (χ1) is 9.42. The van der Waals surface area contributed by atoms with Gasteiger partial charge in [0.15, 0.2) is 5.82 Å². The van der Waals surface area contributed by atoms with Crippen LogP contribution < -0.4 is 10.0 Å². The van der Waals surface area contributed by atoms with E-state index in [0.717, 1.165) is 10.4 Å². The van der Waals surface area contributed by atoms with Crippen LogP contribution in [-0.4, -0.2) is 30.2 Å². The largest absolute Gasteiger partial charge is 0.315 e. The molecule has 2 heterocycles. The summed E-state index contributed by atoms with van der Waals surface area (Å²) >= 11 is 1.27. The van der Waals surface area contributed by atoms with Crippen molar-refractivity contribution in [3.05, 3.63) is 28.7 Å². The van der Waals surface area contributed by atoms with Crippen LogP contribution in [0, 0.1) is 6.92 Å². The van der Waals surface area contributed by atoms with Crippen molar-refractivity contribution in [1.82, 2.24) is 24.8 Å². The van der Waals surface area contributed by atoms with E-state index in [0.29, 0.717) is 16.6 Å². The van der Waals surface area contributed by atoms with E-state index in [1.54, 1.807) is 13.1 Å². The number of aryl methyl sites for hydroxylation is 2. The molecule has 9 heteroatoms. The summed E-state index contributed by atoms with van der Waals surface area (Å²) in [5.74, 6) is 0.444. The number of thiophene rings is 1. The summed E-state index contributed by atoms with van der Waals surface area (Å²) in [6, 6.07) is 1.69. The van der Waals surface area contributed by atoms with Crippen molar-refractivity contribution in [3.8, 4) is 0 Å². The van der Waals surface area contributed by atoms with E-state index in [1.165, 1.54) is 22.3 Å². The first-order valence-corrected chi connectivity index (χ1v) is 8.30. The summed E-state index contributed by atoms with van der Waals surface area (Å²) in [5.41, 5.74) is 0.973. The van der Waals surface area contributed by atoms with Crippen LogP contribution in [0.15, 0.2) is 16.6 Å². The molecule has 0 unspecified atom stereocenters. The smallest absolute Gasteiger partial charge is 0.250 e. The average molecular weight is 315 g/mol. The molecule has 0 radical (unpaired) electrons. The first-order valence-electron chi connectivity index (χ1n) is 6.00. The van der Waals surface area contributed by atoms with Crippen LogP contribution in [0.4, 0.5) is 0 Å². The molecule has 0 aliphatic carbocycles. The van der Waals surface area contributed by atoms with Gasteiger partial charge in [0.1, 0.15) is 10.5 Å². The standard InChI is InChI=1S/C11H17N5O2S2/c1-8-4-11(19-9(8)5-12-2)20(17,18)14-6-10-13-7-16(3)15-10/h4,7,12,14H,5-6H2,1-3H3. The molecule has 110 valence electrons. The fourth-order valence-electron chi connectivity index (χ4n) is 1.65. The molecule has 0 fully saturated rings. The van der Waals surface area contributed by atoms with Crippen LogP contribution >= 0.6 is 11.3 Å². The maximum atomic E-state index is 12.2. The summed E-state index contributed by atoms with van der Waals surface area (Å²) in [7, 11) is 0.0477. The molecule has 0 spiro atoms. The van der Waals surface area contributed by atoms with Gasteiger partial charge in [-0.1, -0.05) is 0 Å². The number of sulfonamides is 1. The first kappa shape index (κ1) is 15.1. The van der Waals surface area contributed by atoms with Gasteiger partial charge in [-0.25, -0.2) is 18.1 Å². The lowest BCUT2D eigenvalue weighted by atomic mass is 10.3. The molecule has 0 atom stereocenters. The maximum Gasteiger partial charge on any atom is 0.250 e. The topological polar surface area (TPSA) is 88.9 Å². The van der Waals surface area contributed by atoms with Gasteiger partial charge >= 0.3 is 0 Å². The van der Waals surface area contributed by atoms with Gasteiger partial charge in [-0.15, -0.1) is 11.3 Å². The number of hydrogen-bond donors (Lipinski definition) is 2. The fraction of sp³-hybridized carbons (Fsp3) is 0.455. The molecule has 0 aliphatic heterocycles. The number of hydrogen-bond acceptors (Lipinski definition) is 6. The van der Waals surface area contributed by atoms with Gasteiger partial charge in [-0.3, -0.25) is 4.68 Å². The Morgan fingerprint density at radius 2 is 2.15 bits per heavy atom. The van der Waals surface area contributed by atoms with Crippen LogP contribution in [0.3, 0.4) is 0 Å². The molecule has 0 aromatic carbocycles. The van der Waals surface area contributed by atoms with Gasteiger partial charge in [0.25, 0.3) is 0 Å². The third-order valence-corrected chi connectivity index (χ3v) is 5.78. The lowest BCUT2D eigenvalue weighted by molar-refractivity contribution is 0.580. The zero-order valence-electron chi connectivity index (χ0n) is 11.5. The highest BCUT2D eigenvalue weighted by molar-refractivity contribution is 7.91. The van der Waals surface area contributed by atoms with Crippen molar-refractivity contribution < 1.29 is 8.42 Å². The molecule has 7 nitrogen and oxygen atoms in total. The SMILES string of the molecule is CNCc1sc(S(=O)(=O)NCc2ncn(C)n2)cc1C. The Balaban J connectivity index is 2.11. The molecule has 2 aromatic rings. The second kappa shape index (κ2) is 6.00. The molecule has 0 saturated carbocycles. The Hall–Kier alpha value is -1.29. The van der Waals surface area contributed by atoms with E-state index in [1.807, 2.05) is 14.0 Å². The highest BCUT2D eigenvalue weighted by atomic mass is 32.2. The molecular weight excluding hydrogens is 298 g/mol. The van der Waals surface area contributed by atoms with Crippen molar-refractivity contribution in [2.75, 3.05) is 7.05 Å². The normalized spacial score (nSPS) is 11.9. The minimum atomic E-state index is -3.52. The fourth-order valence-corrected chi connectivity index (χ4v) is 4.28. The highest BCUT2D eigenvalue weighted by Gasteiger charge is 2.19. The zero-order chi connectivity index (χ0) is 14.8. The second-order valence-electron chi connectivity index (χ2n) is 4.36. The molecule has 2 N–H and O–H groups in total. The lowest BCUT2D eigenvalue weighted by Crippen LogP contribution is -2.23. The number of nitrogens with zero attached hydrogens (tertiary/aromatic N) is 3. The summed E-state index contributed by atoms with van der Waals surface area (Å²) in [6.07, 6.45) is 1.53. The van der Waals surface area contributed by atoms with Crippen molar-refractivity contribution in [1.29, 1.82) is 0 Å². The van der Waals surface area contributed by atoms with Crippen molar-refractivity contribution >= 4 is 21.4 Å². The van der Waals surface area contributed by atoms with E-state index in [4.69, 9.17) is 0 Å². The molecule has 2 rings (SSSR count). The van der Waals surface area contributed by atoms with E-state index in [2.05, 4.69) is 20.1 Å². The van der Waals surface area contributed by atoms with Crippen LogP contribution in [0.5, 0.6) is 0 Å². The van der Waals surface area contributed by atoms with Crippen molar-refractivity contribution in [3.63, 3.8) is 0 Å². The second-order valence-corrected chi connectivity index (χ2v) is 7.49. The Morgan fingerprint density at radius 3 is 2.75 bits per heavy atom. The van der Waals surface area contributed by atoms with E-state index in [9.17, 15) is 8.42 Å². The third kappa shape index (κ3) is 3.42. The quantitative estimate of drug-likeness (QED) is 0.804. The molecule has 0 saturated heterocycles. The van der Waals surface area contributed by atoms with Crippen LogP contribution in [0.25, 0.3) is 0 Å². The maximum absolute atomic E-state index is 12.2. The van der Waals surface area contributed by atoms with E-state index < -0.39 is 10.0 Å². The summed E-state index contributed by atoms with van der Waals surface area (Å²) < 4.78 is 28.8. The van der Waals surface area contributed by atoms with Gasteiger partial charge in [0.05, 0.1) is 6.54 Å². The van der Waals surface area contributed by atoms with Crippen LogP contribution in [0.1, 0.15) is 16.3 Å². The summed E-state index contributed by atoms with van der Waals surface area (Å²) in [4.78, 5) is 5.00. The molecular formula is C11H17N5O2S2. The van der Waals surface area contributed by atoms with E-state index >= 15 is 0 Å². The van der Waals surface area contributed by atoms with Crippen LogP contribution in [-0.2, 0) is 30.2 Å². The summed E-state index contributed by atoms with van der Waals surface area (Å²) in [6.45, 7) is 2.65. The molecule has 0 amide bonds. The van der Waals surface area contributed by atoms with Gasteiger partial charge < -0.3 is 5.32 Å². The minimum Gasteiger partial charge on any atom is -0.315 e. The molecule has 0 bridgehead atoms. The monoisotopic (exact) mass is 315 g/mol. The van der Waals surface area contributed by atoms with Crippen LogP contribution in [0.2, 0.25) is 0 Å². The highest BCUT2D eigenvalue weighted by Crippen LogP contribution is 2.25. The van der Waals surface area contributed by atoms with Crippen molar-refractivity contribution in [2.45, 2.75) is 24.2 Å². The molecule has 20 heavy (non-hydrogen) atoms. The minimum absolute atomic E-state index is 0.0848. The number of nitrogens with one attached hydrogen (secondary N) is 2. The van der Waals surface area contributed by atoms with Gasteiger partial charge in [-0.2, -0.15) is 5.10 Å². The van der Waals surface area contributed by atoms with Gasteiger partial charge in [0, 0.05) is 18.5 Å². The Kier molecular flexibility index (Phi) is 4.53. The Labute approximate surface area is 122 Å². The Bertz CT molecular complexity index is 689. The Morgan fingerprint density at radius 1 is 1.40 bits per heavy atom. The van der Waals surface area contributed by atoms with Crippen molar-refractivity contribution in [2.24, 2.45) is 7.05 Å². The predicted molar refractivity (Wildman–Crippen MR) is 76.8 cm³/mol. The molecule has 0 aliphatic rings. The number of aromatic nitrogens is 3. The van der Waals surface area contributed by atoms with Gasteiger partial charge in [0.2, 0.25) is 10.0 Å². The predicted octanol–water partition coefficient (Wildman–Crippen LogP) is 0.383. The summed E-state index contributed by atoms with van der Waals surface area (Å²) in [5, 5.41) is 7.05. The van der Waals surface area contributed by atoms with Gasteiger partial charge in [-0.05, 0) is 25.6 Å². The average Bonchev–Trinajstić information content (AvgIpc) is 2.95. The third-order valence-electron chi connectivity index (χ3n) is 2.67. The zero-order valence-corrected chi connectivity index (χ0v) is 13.2. The number of rotatable bonds is 6.